The van der Waals surface area contributed by atoms with E-state index in [1.165, 1.54) is 19.2 Å². The van der Waals surface area contributed by atoms with Crippen molar-refractivity contribution in [1.82, 2.24) is 10.0 Å². The van der Waals surface area contributed by atoms with E-state index in [9.17, 15) is 13.2 Å². The van der Waals surface area contributed by atoms with E-state index in [-0.39, 0.29) is 24.0 Å². The number of ether oxygens (including phenoxy) is 1. The summed E-state index contributed by atoms with van der Waals surface area (Å²) < 4.78 is 32.1. The Morgan fingerprint density at radius 2 is 2.05 bits per heavy atom. The molecule has 0 saturated carbocycles. The Morgan fingerprint density at radius 3 is 2.68 bits per heavy atom. The Hall–Kier alpha value is -0.960. The number of amides is 1. The van der Waals surface area contributed by atoms with Gasteiger partial charge in [-0.05, 0) is 40.5 Å². The number of nitrogens with one attached hydrogen (secondary N) is 2. The molecular formula is C14H21BrN2O4S. The molecule has 0 heterocycles. The van der Waals surface area contributed by atoms with E-state index in [1.807, 2.05) is 6.92 Å². The Morgan fingerprint density at radius 1 is 1.32 bits per heavy atom. The number of rotatable bonds is 9. The lowest BCUT2D eigenvalue weighted by Crippen LogP contribution is -2.28. The molecule has 22 heavy (non-hydrogen) atoms. The summed E-state index contributed by atoms with van der Waals surface area (Å²) in [5.41, 5.74) is 0.297. The summed E-state index contributed by atoms with van der Waals surface area (Å²) in [6.45, 7) is 3.04. The van der Waals surface area contributed by atoms with Gasteiger partial charge in [-0.1, -0.05) is 13.3 Å². The maximum absolute atomic E-state index is 12.1. The topological polar surface area (TPSA) is 84.5 Å². The van der Waals surface area contributed by atoms with Crippen LogP contribution in [0.3, 0.4) is 0 Å². The number of carbonyl (C=O) groups excluding carboxylic acids is 1. The molecular weight excluding hydrogens is 372 g/mol. The first-order chi connectivity index (χ1) is 10.4. The van der Waals surface area contributed by atoms with Crippen molar-refractivity contribution >= 4 is 31.9 Å². The monoisotopic (exact) mass is 392 g/mol. The molecule has 0 aliphatic heterocycles. The fourth-order valence-corrected chi connectivity index (χ4v) is 3.15. The fourth-order valence-electron chi connectivity index (χ4n) is 1.68. The van der Waals surface area contributed by atoms with Gasteiger partial charge in [0.1, 0.15) is 0 Å². The first-order valence-corrected chi connectivity index (χ1v) is 9.26. The minimum Gasteiger partial charge on any atom is -0.383 e. The van der Waals surface area contributed by atoms with Crippen LogP contribution in [0.2, 0.25) is 0 Å². The van der Waals surface area contributed by atoms with E-state index in [2.05, 4.69) is 26.0 Å². The summed E-state index contributed by atoms with van der Waals surface area (Å²) >= 11 is 3.27. The van der Waals surface area contributed by atoms with Gasteiger partial charge in [-0.2, -0.15) is 0 Å². The molecule has 1 aromatic carbocycles. The number of benzene rings is 1. The van der Waals surface area contributed by atoms with Gasteiger partial charge in [0, 0.05) is 24.7 Å². The first kappa shape index (κ1) is 19.1. The van der Waals surface area contributed by atoms with E-state index in [0.29, 0.717) is 16.6 Å². The summed E-state index contributed by atoms with van der Waals surface area (Å²) in [5, 5.41) is 2.77. The zero-order valence-corrected chi connectivity index (χ0v) is 15.1. The molecule has 124 valence electrons. The number of hydrogen-bond acceptors (Lipinski definition) is 4. The summed E-state index contributed by atoms with van der Waals surface area (Å²) in [6, 6.07) is 4.36. The third-order valence-corrected chi connectivity index (χ3v) is 5.06. The second-order valence-corrected chi connectivity index (χ2v) is 7.26. The SMILES string of the molecule is CCCCNC(=O)c1cc(S(=O)(=O)NCCOC)ccc1Br. The molecule has 2 N–H and O–H groups in total. The summed E-state index contributed by atoms with van der Waals surface area (Å²) in [4.78, 5) is 12.2. The Labute approximate surface area is 139 Å². The fraction of sp³-hybridized carbons (Fsp3) is 0.500. The van der Waals surface area contributed by atoms with Gasteiger partial charge in [-0.25, -0.2) is 13.1 Å². The lowest BCUT2D eigenvalue weighted by atomic mass is 10.2. The average Bonchev–Trinajstić information content (AvgIpc) is 2.47. The van der Waals surface area contributed by atoms with Crippen LogP contribution in [0, 0.1) is 0 Å². The first-order valence-electron chi connectivity index (χ1n) is 6.98. The highest BCUT2D eigenvalue weighted by molar-refractivity contribution is 9.10. The second kappa shape index (κ2) is 9.24. The van der Waals surface area contributed by atoms with E-state index < -0.39 is 10.0 Å². The predicted octanol–water partition coefficient (Wildman–Crippen LogP) is 1.90. The van der Waals surface area contributed by atoms with Crippen LogP contribution < -0.4 is 10.0 Å². The van der Waals surface area contributed by atoms with Gasteiger partial charge < -0.3 is 10.1 Å². The van der Waals surface area contributed by atoms with Crippen molar-refractivity contribution in [3.05, 3.63) is 28.2 Å². The van der Waals surface area contributed by atoms with Crippen LogP contribution >= 0.6 is 15.9 Å². The van der Waals surface area contributed by atoms with Crippen LogP contribution in [-0.4, -0.2) is 41.1 Å². The highest BCUT2D eigenvalue weighted by atomic mass is 79.9. The molecule has 1 amide bonds. The molecule has 8 heteroatoms. The number of halogens is 1. The molecule has 1 aromatic rings. The molecule has 0 spiro atoms. The van der Waals surface area contributed by atoms with Crippen molar-refractivity contribution in [2.75, 3.05) is 26.8 Å². The van der Waals surface area contributed by atoms with Crippen molar-refractivity contribution in [2.45, 2.75) is 24.7 Å². The average molecular weight is 393 g/mol. The normalized spacial score (nSPS) is 11.4. The largest absolute Gasteiger partial charge is 0.383 e. The maximum atomic E-state index is 12.1. The van der Waals surface area contributed by atoms with Gasteiger partial charge in [0.25, 0.3) is 5.91 Å². The highest BCUT2D eigenvalue weighted by Crippen LogP contribution is 2.21. The number of unbranched alkanes of at least 4 members (excludes halogenated alkanes) is 1. The third-order valence-electron chi connectivity index (χ3n) is 2.91. The van der Waals surface area contributed by atoms with Crippen LogP contribution in [0.4, 0.5) is 0 Å². The van der Waals surface area contributed by atoms with Crippen LogP contribution in [0.25, 0.3) is 0 Å². The Balaban J connectivity index is 2.91. The van der Waals surface area contributed by atoms with Crippen LogP contribution in [0.1, 0.15) is 30.1 Å². The van der Waals surface area contributed by atoms with E-state index in [0.717, 1.165) is 12.8 Å². The standard InChI is InChI=1S/C14H21BrN2O4S/c1-3-4-7-16-14(18)12-10-11(5-6-13(12)15)22(19,20)17-8-9-21-2/h5-6,10,17H,3-4,7-9H2,1-2H3,(H,16,18). The van der Waals surface area contributed by atoms with Gasteiger partial charge in [0.05, 0.1) is 17.1 Å². The molecule has 0 saturated heterocycles. The second-order valence-electron chi connectivity index (χ2n) is 4.64. The number of hydrogen-bond donors (Lipinski definition) is 2. The molecule has 0 fully saturated rings. The van der Waals surface area contributed by atoms with Crippen molar-refractivity contribution in [2.24, 2.45) is 0 Å². The minimum absolute atomic E-state index is 0.0486. The minimum atomic E-state index is -3.66. The quantitative estimate of drug-likeness (QED) is 0.628. The number of carbonyl (C=O) groups is 1. The summed E-state index contributed by atoms with van der Waals surface area (Å²) in [7, 11) is -2.17. The molecule has 0 atom stereocenters. The number of methoxy groups -OCH3 is 1. The van der Waals surface area contributed by atoms with E-state index in [1.54, 1.807) is 6.07 Å². The van der Waals surface area contributed by atoms with Crippen molar-refractivity contribution in [3.63, 3.8) is 0 Å². The molecule has 0 aromatic heterocycles. The zero-order chi connectivity index (χ0) is 16.6. The lowest BCUT2D eigenvalue weighted by Gasteiger charge is -2.10. The summed E-state index contributed by atoms with van der Waals surface area (Å²) in [5.74, 6) is -0.297. The molecule has 0 aliphatic carbocycles. The summed E-state index contributed by atoms with van der Waals surface area (Å²) in [6.07, 6.45) is 1.85. The smallest absolute Gasteiger partial charge is 0.252 e. The third kappa shape index (κ3) is 5.68. The van der Waals surface area contributed by atoms with Crippen LogP contribution in [0.5, 0.6) is 0 Å². The van der Waals surface area contributed by atoms with Crippen LogP contribution in [0.15, 0.2) is 27.6 Å². The maximum Gasteiger partial charge on any atom is 0.252 e. The van der Waals surface area contributed by atoms with Crippen LogP contribution in [-0.2, 0) is 14.8 Å². The molecule has 0 unspecified atom stereocenters. The lowest BCUT2D eigenvalue weighted by molar-refractivity contribution is 0.0952. The molecule has 0 bridgehead atoms. The molecule has 0 aliphatic rings. The number of sulfonamides is 1. The zero-order valence-electron chi connectivity index (χ0n) is 12.7. The van der Waals surface area contributed by atoms with Gasteiger partial charge in [-0.3, -0.25) is 4.79 Å². The Kier molecular flexibility index (Phi) is 8.02. The molecule has 1 rings (SSSR count). The molecule has 0 radical (unpaired) electrons. The predicted molar refractivity (Wildman–Crippen MR) is 88.4 cm³/mol. The van der Waals surface area contributed by atoms with E-state index in [4.69, 9.17) is 4.74 Å². The van der Waals surface area contributed by atoms with Crippen molar-refractivity contribution in [1.29, 1.82) is 0 Å². The van der Waals surface area contributed by atoms with Gasteiger partial charge in [0.2, 0.25) is 10.0 Å². The molecule has 6 nitrogen and oxygen atoms in total. The van der Waals surface area contributed by atoms with Gasteiger partial charge >= 0.3 is 0 Å². The van der Waals surface area contributed by atoms with Crippen molar-refractivity contribution < 1.29 is 17.9 Å². The van der Waals surface area contributed by atoms with Gasteiger partial charge in [0.15, 0.2) is 0 Å². The van der Waals surface area contributed by atoms with Crippen molar-refractivity contribution in [3.8, 4) is 0 Å². The highest BCUT2D eigenvalue weighted by Gasteiger charge is 2.18. The van der Waals surface area contributed by atoms with Gasteiger partial charge in [-0.15, -0.1) is 0 Å². The van der Waals surface area contributed by atoms with E-state index >= 15 is 0 Å². The Bertz CT molecular complexity index is 605.